The summed E-state index contributed by atoms with van der Waals surface area (Å²) >= 11 is 0. The Balaban J connectivity index is 1.64. The first kappa shape index (κ1) is 22.9. The van der Waals surface area contributed by atoms with E-state index in [2.05, 4.69) is 59.3 Å². The van der Waals surface area contributed by atoms with Crippen LogP contribution < -0.4 is 10.6 Å². The number of allylic oxidation sites excluding steroid dienone is 1. The Morgan fingerprint density at radius 1 is 1.25 bits per heavy atom. The molecule has 4 rings (SSSR count). The summed E-state index contributed by atoms with van der Waals surface area (Å²) in [6, 6.07) is 0.633. The van der Waals surface area contributed by atoms with Crippen molar-refractivity contribution in [3.8, 4) is 0 Å². The van der Waals surface area contributed by atoms with Crippen molar-refractivity contribution in [1.29, 1.82) is 0 Å². The van der Waals surface area contributed by atoms with Crippen LogP contribution in [0.5, 0.6) is 0 Å². The number of piperazine rings is 1. The van der Waals surface area contributed by atoms with Crippen molar-refractivity contribution in [1.82, 2.24) is 20.5 Å². The van der Waals surface area contributed by atoms with Crippen molar-refractivity contribution >= 4 is 23.7 Å². The van der Waals surface area contributed by atoms with E-state index in [1.165, 1.54) is 0 Å². The number of guanidine groups is 1. The molecule has 9 heteroatoms. The summed E-state index contributed by atoms with van der Waals surface area (Å²) in [4.78, 5) is 17.2. The van der Waals surface area contributed by atoms with Crippen LogP contribution in [0, 0.1) is 5.92 Å². The quantitative estimate of drug-likeness (QED) is 0.613. The van der Waals surface area contributed by atoms with Gasteiger partial charge in [-0.1, -0.05) is 13.8 Å². The normalized spacial score (nSPS) is 32.2. The molecule has 0 radical (unpaired) electrons. The second-order valence-electron chi connectivity index (χ2n) is 9.14. The predicted molar refractivity (Wildman–Crippen MR) is 130 cm³/mol. The van der Waals surface area contributed by atoms with Crippen molar-refractivity contribution in [3.05, 3.63) is 11.9 Å². The number of fused-ring (bicyclic) bond motifs is 1. The highest BCUT2D eigenvalue weighted by molar-refractivity contribution is 6.09. The Kier molecular flexibility index (Phi) is 7.25. The highest BCUT2D eigenvalue weighted by Crippen LogP contribution is 2.27. The minimum atomic E-state index is -0.0553. The van der Waals surface area contributed by atoms with E-state index in [4.69, 9.17) is 19.8 Å². The van der Waals surface area contributed by atoms with Gasteiger partial charge < -0.3 is 20.3 Å². The van der Waals surface area contributed by atoms with E-state index in [0.29, 0.717) is 37.8 Å². The number of aliphatic imine (C=N–C) groups is 3. The zero-order valence-corrected chi connectivity index (χ0v) is 20.1. The molecule has 32 heavy (non-hydrogen) atoms. The lowest BCUT2D eigenvalue weighted by Gasteiger charge is -2.40. The molecule has 4 aliphatic heterocycles. The highest BCUT2D eigenvalue weighted by Gasteiger charge is 2.44. The Morgan fingerprint density at radius 3 is 2.81 bits per heavy atom. The van der Waals surface area contributed by atoms with Gasteiger partial charge in [-0.25, -0.2) is 9.98 Å². The van der Waals surface area contributed by atoms with E-state index in [-0.39, 0.29) is 12.1 Å². The maximum absolute atomic E-state index is 5.63. The maximum Gasteiger partial charge on any atom is 0.223 e. The monoisotopic (exact) mass is 442 g/mol. The molecule has 1 fully saturated rings. The van der Waals surface area contributed by atoms with E-state index < -0.39 is 0 Å². The van der Waals surface area contributed by atoms with Crippen molar-refractivity contribution in [2.45, 2.75) is 71.6 Å². The maximum atomic E-state index is 5.63. The molecule has 0 bridgehead atoms. The third-order valence-corrected chi connectivity index (χ3v) is 6.43. The molecule has 0 aromatic heterocycles. The van der Waals surface area contributed by atoms with Crippen LogP contribution in [0.1, 0.15) is 47.5 Å². The summed E-state index contributed by atoms with van der Waals surface area (Å²) in [7, 11) is 0. The number of hydrogen-bond donors (Lipinski definition) is 2. The molecule has 0 spiro atoms. The first-order valence-electron chi connectivity index (χ1n) is 12.1. The van der Waals surface area contributed by atoms with E-state index >= 15 is 0 Å². The number of rotatable bonds is 6. The summed E-state index contributed by atoms with van der Waals surface area (Å²) in [5.74, 6) is 3.00. The number of amidine groups is 1. The van der Waals surface area contributed by atoms with Crippen LogP contribution in [0.25, 0.3) is 0 Å². The molecule has 3 unspecified atom stereocenters. The van der Waals surface area contributed by atoms with Crippen LogP contribution in [0.4, 0.5) is 0 Å². The minimum Gasteiger partial charge on any atom is -0.380 e. The van der Waals surface area contributed by atoms with Crippen molar-refractivity contribution in [2.24, 2.45) is 26.0 Å². The Morgan fingerprint density at radius 2 is 2.09 bits per heavy atom. The van der Waals surface area contributed by atoms with Gasteiger partial charge in [0, 0.05) is 38.0 Å². The average molecular weight is 443 g/mol. The van der Waals surface area contributed by atoms with Crippen LogP contribution in [0.15, 0.2) is 32.0 Å². The molecule has 0 amide bonds. The van der Waals surface area contributed by atoms with Gasteiger partial charge in [0.2, 0.25) is 5.96 Å². The Hall–Kier alpha value is -2.26. The fourth-order valence-electron chi connectivity index (χ4n) is 4.54. The summed E-state index contributed by atoms with van der Waals surface area (Å²) < 4.78 is 5.63. The van der Waals surface area contributed by atoms with Crippen LogP contribution in [-0.4, -0.2) is 90.6 Å². The molecule has 0 saturated carbocycles. The lowest BCUT2D eigenvalue weighted by atomic mass is 10.00. The second kappa shape index (κ2) is 10.1. The average Bonchev–Trinajstić information content (AvgIpc) is 3.15. The van der Waals surface area contributed by atoms with Crippen LogP contribution in [0.2, 0.25) is 0 Å². The SMILES string of the molecule is CCOCCN1N=C(CC)C2N=C(N3C[C@H](C)NC[C@H]3C)N=C(NC3=CCC(C)C=N3)C21. The third-order valence-electron chi connectivity index (χ3n) is 6.43. The molecule has 0 aromatic carbocycles. The van der Waals surface area contributed by atoms with Crippen LogP contribution in [0.3, 0.4) is 0 Å². The molecular weight excluding hydrogens is 404 g/mol. The van der Waals surface area contributed by atoms with Gasteiger partial charge in [0.05, 0.1) is 18.9 Å². The fraction of sp³-hybridized carbons (Fsp3) is 0.739. The molecular formula is C23H38N8O. The van der Waals surface area contributed by atoms with Gasteiger partial charge in [-0.05, 0) is 45.6 Å². The zero-order valence-electron chi connectivity index (χ0n) is 20.1. The summed E-state index contributed by atoms with van der Waals surface area (Å²) in [5, 5.41) is 14.1. The molecule has 5 atom stereocenters. The highest BCUT2D eigenvalue weighted by atomic mass is 16.5. The van der Waals surface area contributed by atoms with E-state index in [0.717, 1.165) is 49.3 Å². The van der Waals surface area contributed by atoms with Gasteiger partial charge >= 0.3 is 0 Å². The van der Waals surface area contributed by atoms with Gasteiger partial charge in [0.15, 0.2) is 0 Å². The van der Waals surface area contributed by atoms with Gasteiger partial charge in [0.1, 0.15) is 23.7 Å². The van der Waals surface area contributed by atoms with Gasteiger partial charge in [-0.15, -0.1) is 0 Å². The molecule has 1 saturated heterocycles. The van der Waals surface area contributed by atoms with Gasteiger partial charge in [0.25, 0.3) is 0 Å². The van der Waals surface area contributed by atoms with Gasteiger partial charge in [-0.3, -0.25) is 5.01 Å². The summed E-state index contributed by atoms with van der Waals surface area (Å²) in [6.45, 7) is 14.6. The van der Waals surface area contributed by atoms with Crippen LogP contribution in [-0.2, 0) is 4.74 Å². The first-order chi connectivity index (χ1) is 15.5. The molecule has 4 aliphatic rings. The Labute approximate surface area is 191 Å². The molecule has 0 aromatic rings. The van der Waals surface area contributed by atoms with Gasteiger partial charge in [-0.2, -0.15) is 10.1 Å². The number of nitrogens with one attached hydrogen (secondary N) is 2. The molecule has 0 aliphatic carbocycles. The standard InChI is InChI=1S/C23H38N8O/c1-6-18-20-21(31(29-18)10-11-32-7-2)22(26-19-9-8-15(3)12-25-19)28-23(27-20)30-14-16(4)24-13-17(30)5/h9,12,15-17,20-21,24H,6-8,10-11,13-14H2,1-5H3,(H,26,27,28)/t15?,16-,17+,20?,21?/m0/s1. The topological polar surface area (TPSA) is 89.2 Å². The zero-order chi connectivity index (χ0) is 22.7. The first-order valence-corrected chi connectivity index (χ1v) is 12.1. The lowest BCUT2D eigenvalue weighted by molar-refractivity contribution is 0.110. The smallest absolute Gasteiger partial charge is 0.223 e. The van der Waals surface area contributed by atoms with Crippen LogP contribution >= 0.6 is 0 Å². The van der Waals surface area contributed by atoms with E-state index in [9.17, 15) is 0 Å². The van der Waals surface area contributed by atoms with Crippen molar-refractivity contribution in [3.63, 3.8) is 0 Å². The lowest BCUT2D eigenvalue weighted by Crippen LogP contribution is -2.59. The Bertz CT molecular complexity index is 832. The largest absolute Gasteiger partial charge is 0.380 e. The number of nitrogens with zero attached hydrogens (tertiary/aromatic N) is 6. The minimum absolute atomic E-state index is 0.0406. The summed E-state index contributed by atoms with van der Waals surface area (Å²) in [6.07, 6.45) is 6.01. The fourth-order valence-corrected chi connectivity index (χ4v) is 4.54. The predicted octanol–water partition coefficient (Wildman–Crippen LogP) is 1.83. The third kappa shape index (κ3) is 4.88. The molecule has 4 heterocycles. The van der Waals surface area contributed by atoms with E-state index in [1.807, 2.05) is 13.1 Å². The molecule has 176 valence electrons. The van der Waals surface area contributed by atoms with E-state index in [1.54, 1.807) is 0 Å². The molecule has 9 nitrogen and oxygen atoms in total. The number of hydrogen-bond acceptors (Lipinski definition) is 9. The van der Waals surface area contributed by atoms with Crippen molar-refractivity contribution in [2.75, 3.05) is 32.8 Å². The van der Waals surface area contributed by atoms with Crippen molar-refractivity contribution < 1.29 is 4.74 Å². The molecule has 2 N–H and O–H groups in total. The number of hydrazone groups is 1. The summed E-state index contributed by atoms with van der Waals surface area (Å²) in [5.41, 5.74) is 1.10. The number of ether oxygens (including phenoxy) is 1. The second-order valence-corrected chi connectivity index (χ2v) is 9.14.